The van der Waals surface area contributed by atoms with E-state index >= 15 is 0 Å². The van der Waals surface area contributed by atoms with Gasteiger partial charge in [-0.3, -0.25) is 4.79 Å². The van der Waals surface area contributed by atoms with E-state index in [9.17, 15) is 4.79 Å². The fraction of sp³-hybridized carbons (Fsp3) is 0.923. The molecule has 0 heterocycles. The van der Waals surface area contributed by atoms with Crippen molar-refractivity contribution in [3.05, 3.63) is 0 Å². The van der Waals surface area contributed by atoms with Gasteiger partial charge < -0.3 is 0 Å². The maximum Gasteiger partial charge on any atom is 0.132 e. The molecule has 14 heavy (non-hydrogen) atoms. The second kappa shape index (κ2) is 7.03. The van der Waals surface area contributed by atoms with E-state index in [0.29, 0.717) is 11.7 Å². The molecule has 0 N–H and O–H groups in total. The summed E-state index contributed by atoms with van der Waals surface area (Å²) in [5, 5.41) is 0. The van der Waals surface area contributed by atoms with Gasteiger partial charge in [0.05, 0.1) is 0 Å². The number of unbranched alkanes of at least 4 members (excludes halogenated alkanes) is 1. The van der Waals surface area contributed by atoms with Gasteiger partial charge in [-0.15, -0.1) is 0 Å². The van der Waals surface area contributed by atoms with Crippen molar-refractivity contribution in [1.82, 2.24) is 0 Å². The molecule has 3 unspecified atom stereocenters. The first-order valence-corrected chi connectivity index (χ1v) is 5.99. The summed E-state index contributed by atoms with van der Waals surface area (Å²) < 4.78 is 0. The van der Waals surface area contributed by atoms with E-state index in [4.69, 9.17) is 0 Å². The quantitative estimate of drug-likeness (QED) is 0.603. The van der Waals surface area contributed by atoms with Crippen molar-refractivity contribution in [3.8, 4) is 0 Å². The van der Waals surface area contributed by atoms with Crippen LogP contribution in [0.5, 0.6) is 0 Å². The lowest BCUT2D eigenvalue weighted by Crippen LogP contribution is -2.18. The number of carbonyl (C=O) groups is 1. The van der Waals surface area contributed by atoms with Gasteiger partial charge in [0.1, 0.15) is 5.78 Å². The fourth-order valence-corrected chi connectivity index (χ4v) is 1.91. The summed E-state index contributed by atoms with van der Waals surface area (Å²) in [6.45, 7) is 10.5. The highest BCUT2D eigenvalue weighted by molar-refractivity contribution is 5.78. The van der Waals surface area contributed by atoms with E-state index in [1.165, 1.54) is 25.7 Å². The van der Waals surface area contributed by atoms with E-state index in [-0.39, 0.29) is 5.92 Å². The number of Topliss-reactive ketones (excluding diaryl/α,β-unsaturated/α-hetero) is 1. The molecule has 1 heteroatoms. The van der Waals surface area contributed by atoms with E-state index in [0.717, 1.165) is 5.92 Å². The Bertz CT molecular complexity index is 163. The number of carbonyl (C=O) groups excluding carboxylic acids is 1. The molecule has 0 aromatic carbocycles. The molecule has 0 spiro atoms. The van der Waals surface area contributed by atoms with Crippen molar-refractivity contribution in [2.45, 2.75) is 60.3 Å². The molecule has 0 fully saturated rings. The van der Waals surface area contributed by atoms with E-state index in [2.05, 4.69) is 27.7 Å². The van der Waals surface area contributed by atoms with Gasteiger partial charge >= 0.3 is 0 Å². The average molecular weight is 198 g/mol. The largest absolute Gasteiger partial charge is 0.300 e. The Hall–Kier alpha value is -0.330. The van der Waals surface area contributed by atoms with Gasteiger partial charge in [-0.1, -0.05) is 47.0 Å². The van der Waals surface area contributed by atoms with Gasteiger partial charge in [0.2, 0.25) is 0 Å². The first kappa shape index (κ1) is 13.7. The maximum atomic E-state index is 11.2. The van der Waals surface area contributed by atoms with Gasteiger partial charge in [0, 0.05) is 5.92 Å². The average Bonchev–Trinajstić information content (AvgIpc) is 2.13. The molecule has 0 rings (SSSR count). The van der Waals surface area contributed by atoms with Gasteiger partial charge in [-0.2, -0.15) is 0 Å². The molecule has 0 radical (unpaired) electrons. The summed E-state index contributed by atoms with van der Waals surface area (Å²) in [5.41, 5.74) is 0. The molecule has 0 aliphatic rings. The minimum atomic E-state index is 0.235. The summed E-state index contributed by atoms with van der Waals surface area (Å²) in [5.74, 6) is 1.88. The van der Waals surface area contributed by atoms with Crippen molar-refractivity contribution in [2.75, 3.05) is 0 Å². The predicted octanol–water partition coefficient (Wildman–Crippen LogP) is 4.06. The van der Waals surface area contributed by atoms with Gasteiger partial charge in [-0.25, -0.2) is 0 Å². The van der Waals surface area contributed by atoms with Crippen LogP contribution in [0, 0.1) is 17.8 Å². The smallest absolute Gasteiger partial charge is 0.132 e. The van der Waals surface area contributed by atoms with Crippen LogP contribution in [0.4, 0.5) is 0 Å². The zero-order chi connectivity index (χ0) is 11.1. The van der Waals surface area contributed by atoms with Crippen LogP contribution in [0.25, 0.3) is 0 Å². The summed E-state index contributed by atoms with van der Waals surface area (Å²) in [6, 6.07) is 0. The second-order valence-corrected chi connectivity index (χ2v) is 4.86. The Morgan fingerprint density at radius 2 is 1.79 bits per heavy atom. The van der Waals surface area contributed by atoms with Crippen LogP contribution in [0.2, 0.25) is 0 Å². The molecule has 0 aliphatic carbocycles. The van der Waals surface area contributed by atoms with Crippen LogP contribution in [-0.4, -0.2) is 5.78 Å². The third kappa shape index (κ3) is 5.41. The third-order valence-electron chi connectivity index (χ3n) is 3.32. The number of ketones is 1. The zero-order valence-electron chi connectivity index (χ0n) is 10.5. The van der Waals surface area contributed by atoms with Crippen LogP contribution in [0.15, 0.2) is 0 Å². The minimum Gasteiger partial charge on any atom is -0.300 e. The van der Waals surface area contributed by atoms with E-state index in [1.54, 1.807) is 6.92 Å². The zero-order valence-corrected chi connectivity index (χ0v) is 10.5. The summed E-state index contributed by atoms with van der Waals surface area (Å²) in [4.78, 5) is 11.2. The molecule has 0 saturated heterocycles. The van der Waals surface area contributed by atoms with Crippen LogP contribution >= 0.6 is 0 Å². The molecule has 0 saturated carbocycles. The molecule has 84 valence electrons. The summed E-state index contributed by atoms with van der Waals surface area (Å²) in [6.07, 6.45) is 5.11. The molecular weight excluding hydrogens is 172 g/mol. The SMILES string of the molecule is CCCCC(C)CC(C)C(C)C(C)=O. The van der Waals surface area contributed by atoms with Crippen LogP contribution < -0.4 is 0 Å². The lowest BCUT2D eigenvalue weighted by atomic mass is 9.84. The summed E-state index contributed by atoms with van der Waals surface area (Å²) >= 11 is 0. The first-order chi connectivity index (χ1) is 6.49. The Labute approximate surface area is 89.3 Å². The lowest BCUT2D eigenvalue weighted by molar-refractivity contribution is -0.121. The Morgan fingerprint density at radius 1 is 1.21 bits per heavy atom. The monoisotopic (exact) mass is 198 g/mol. The third-order valence-corrected chi connectivity index (χ3v) is 3.32. The molecule has 0 aromatic rings. The number of hydrogen-bond donors (Lipinski definition) is 0. The number of hydrogen-bond acceptors (Lipinski definition) is 1. The topological polar surface area (TPSA) is 17.1 Å². The van der Waals surface area contributed by atoms with E-state index < -0.39 is 0 Å². The predicted molar refractivity (Wildman–Crippen MR) is 62.3 cm³/mol. The molecule has 0 bridgehead atoms. The van der Waals surface area contributed by atoms with Crippen LogP contribution in [0.3, 0.4) is 0 Å². The Morgan fingerprint density at radius 3 is 2.21 bits per heavy atom. The van der Waals surface area contributed by atoms with Gasteiger partial charge in [0.15, 0.2) is 0 Å². The van der Waals surface area contributed by atoms with Gasteiger partial charge in [-0.05, 0) is 25.2 Å². The Kier molecular flexibility index (Phi) is 6.86. The first-order valence-electron chi connectivity index (χ1n) is 5.99. The van der Waals surface area contributed by atoms with Crippen molar-refractivity contribution in [3.63, 3.8) is 0 Å². The lowest BCUT2D eigenvalue weighted by Gasteiger charge is -2.21. The maximum absolute atomic E-state index is 11.2. The highest BCUT2D eigenvalue weighted by atomic mass is 16.1. The molecule has 0 amide bonds. The molecule has 0 aliphatic heterocycles. The standard InChI is InChI=1S/C13H26O/c1-6-7-8-10(2)9-11(3)12(4)13(5)14/h10-12H,6-9H2,1-5H3. The number of rotatable bonds is 7. The molecule has 3 atom stereocenters. The van der Waals surface area contributed by atoms with Crippen LogP contribution in [-0.2, 0) is 4.79 Å². The highest BCUT2D eigenvalue weighted by Gasteiger charge is 2.18. The van der Waals surface area contributed by atoms with Crippen LogP contribution in [0.1, 0.15) is 60.3 Å². The molecular formula is C13H26O. The fourth-order valence-electron chi connectivity index (χ4n) is 1.91. The van der Waals surface area contributed by atoms with Crippen molar-refractivity contribution < 1.29 is 4.79 Å². The van der Waals surface area contributed by atoms with Crippen molar-refractivity contribution >= 4 is 5.78 Å². The van der Waals surface area contributed by atoms with E-state index in [1.807, 2.05) is 0 Å². The molecule has 0 aromatic heterocycles. The van der Waals surface area contributed by atoms with Crippen molar-refractivity contribution in [1.29, 1.82) is 0 Å². The van der Waals surface area contributed by atoms with Gasteiger partial charge in [0.25, 0.3) is 0 Å². The second-order valence-electron chi connectivity index (χ2n) is 4.86. The normalized spacial score (nSPS) is 17.5. The minimum absolute atomic E-state index is 0.235. The van der Waals surface area contributed by atoms with Crippen molar-refractivity contribution in [2.24, 2.45) is 17.8 Å². The highest BCUT2D eigenvalue weighted by Crippen LogP contribution is 2.23. The summed E-state index contributed by atoms with van der Waals surface area (Å²) in [7, 11) is 0. The Balaban J connectivity index is 3.80. The molecule has 1 nitrogen and oxygen atoms in total.